The summed E-state index contributed by atoms with van der Waals surface area (Å²) in [5.74, 6) is -0.225. The van der Waals surface area contributed by atoms with Crippen molar-refractivity contribution in [2.45, 2.75) is 69.9 Å². The number of benzene rings is 1. The van der Waals surface area contributed by atoms with Crippen LogP contribution in [0.15, 0.2) is 30.3 Å². The van der Waals surface area contributed by atoms with Crippen molar-refractivity contribution < 1.29 is 14.6 Å². The number of carbonyl (C=O) groups excluding carboxylic acids is 1. The van der Waals surface area contributed by atoms with Gasteiger partial charge in [-0.15, -0.1) is 0 Å². The van der Waals surface area contributed by atoms with E-state index in [2.05, 4.69) is 24.0 Å². The molecule has 0 aliphatic carbocycles. The zero-order chi connectivity index (χ0) is 15.7. The molecule has 4 nitrogen and oxygen atoms in total. The van der Waals surface area contributed by atoms with E-state index in [0.29, 0.717) is 6.42 Å². The SMILES string of the molecule is CC(=O)OC1CC[C@@H](O)[C@H]2CC[C@@H]1N2[C@H](C)c1ccccc1. The number of esters is 1. The fourth-order valence-corrected chi connectivity index (χ4v) is 4.20. The van der Waals surface area contributed by atoms with Gasteiger partial charge in [0.15, 0.2) is 0 Å². The summed E-state index contributed by atoms with van der Waals surface area (Å²) in [4.78, 5) is 13.8. The summed E-state index contributed by atoms with van der Waals surface area (Å²) in [6, 6.07) is 11.0. The van der Waals surface area contributed by atoms with Crippen molar-refractivity contribution in [3.63, 3.8) is 0 Å². The first-order valence-corrected chi connectivity index (χ1v) is 8.25. The molecule has 1 N–H and O–H groups in total. The molecule has 2 fully saturated rings. The van der Waals surface area contributed by atoms with Crippen molar-refractivity contribution in [2.24, 2.45) is 0 Å². The van der Waals surface area contributed by atoms with Crippen LogP contribution in [0.4, 0.5) is 0 Å². The van der Waals surface area contributed by atoms with Gasteiger partial charge in [-0.3, -0.25) is 9.69 Å². The Bertz CT molecular complexity index is 518. The van der Waals surface area contributed by atoms with E-state index in [9.17, 15) is 9.90 Å². The van der Waals surface area contributed by atoms with E-state index >= 15 is 0 Å². The second-order valence-electron chi connectivity index (χ2n) is 6.54. The van der Waals surface area contributed by atoms with Gasteiger partial charge >= 0.3 is 5.97 Å². The van der Waals surface area contributed by atoms with Crippen molar-refractivity contribution in [2.75, 3.05) is 0 Å². The molecule has 120 valence electrons. The molecule has 1 unspecified atom stereocenters. The van der Waals surface area contributed by atoms with Gasteiger partial charge in [-0.1, -0.05) is 30.3 Å². The molecule has 0 aromatic heterocycles. The average Bonchev–Trinajstić information content (AvgIpc) is 2.90. The largest absolute Gasteiger partial charge is 0.461 e. The Morgan fingerprint density at radius 3 is 2.55 bits per heavy atom. The first kappa shape index (κ1) is 15.5. The van der Waals surface area contributed by atoms with Crippen LogP contribution in [0, 0.1) is 0 Å². The van der Waals surface area contributed by atoms with Crippen LogP contribution in [-0.2, 0) is 9.53 Å². The van der Waals surface area contributed by atoms with E-state index in [0.717, 1.165) is 19.3 Å². The molecule has 1 aromatic rings. The highest BCUT2D eigenvalue weighted by Crippen LogP contribution is 2.41. The summed E-state index contributed by atoms with van der Waals surface area (Å²) in [7, 11) is 0. The monoisotopic (exact) mass is 303 g/mol. The van der Waals surface area contributed by atoms with Gasteiger partial charge in [-0.05, 0) is 38.2 Å². The van der Waals surface area contributed by atoms with Crippen molar-refractivity contribution in [1.82, 2.24) is 4.90 Å². The van der Waals surface area contributed by atoms with Crippen molar-refractivity contribution in [3.05, 3.63) is 35.9 Å². The molecule has 22 heavy (non-hydrogen) atoms. The first-order chi connectivity index (χ1) is 10.6. The van der Waals surface area contributed by atoms with Crippen LogP contribution in [0.25, 0.3) is 0 Å². The molecule has 0 spiro atoms. The smallest absolute Gasteiger partial charge is 0.302 e. The number of ether oxygens (including phenoxy) is 1. The maximum atomic E-state index is 11.4. The lowest BCUT2D eigenvalue weighted by atomic mass is 9.96. The standard InChI is InChI=1S/C18H25NO3/c1-12(14-6-4-3-5-7-14)19-15-8-9-16(19)18(22-13(2)20)11-10-17(15)21/h3-7,12,15-18,21H,8-11H2,1-2H3/t12-,15-,16+,17-,18?/m1/s1. The Morgan fingerprint density at radius 1 is 1.18 bits per heavy atom. The van der Waals surface area contributed by atoms with Crippen LogP contribution in [0.2, 0.25) is 0 Å². The molecule has 0 saturated carbocycles. The highest BCUT2D eigenvalue weighted by atomic mass is 16.5. The molecule has 1 aromatic carbocycles. The van der Waals surface area contributed by atoms with Gasteiger partial charge in [0.2, 0.25) is 0 Å². The van der Waals surface area contributed by atoms with Crippen LogP contribution in [0.3, 0.4) is 0 Å². The third-order valence-electron chi connectivity index (χ3n) is 5.19. The minimum atomic E-state index is -0.336. The Balaban J connectivity index is 1.88. The zero-order valence-corrected chi connectivity index (χ0v) is 13.3. The number of rotatable bonds is 3. The maximum Gasteiger partial charge on any atom is 0.302 e. The van der Waals surface area contributed by atoms with Crippen LogP contribution < -0.4 is 0 Å². The van der Waals surface area contributed by atoms with Gasteiger partial charge in [0.05, 0.1) is 6.10 Å². The third kappa shape index (κ3) is 2.90. The topological polar surface area (TPSA) is 49.8 Å². The van der Waals surface area contributed by atoms with Crippen LogP contribution in [0.5, 0.6) is 0 Å². The number of nitrogens with zero attached hydrogens (tertiary/aromatic N) is 1. The van der Waals surface area contributed by atoms with Crippen molar-refractivity contribution in [3.8, 4) is 0 Å². The number of aliphatic hydroxyl groups is 1. The molecule has 2 aliphatic rings. The molecule has 2 bridgehead atoms. The highest BCUT2D eigenvalue weighted by Gasteiger charge is 2.47. The molecule has 4 heteroatoms. The Hall–Kier alpha value is -1.39. The molecule has 5 atom stereocenters. The summed E-state index contributed by atoms with van der Waals surface area (Å²) < 4.78 is 5.57. The highest BCUT2D eigenvalue weighted by molar-refractivity contribution is 5.66. The van der Waals surface area contributed by atoms with E-state index in [4.69, 9.17) is 4.74 Å². The minimum absolute atomic E-state index is 0.106. The molecule has 3 rings (SSSR count). The summed E-state index contributed by atoms with van der Waals surface area (Å²) >= 11 is 0. The molecular weight excluding hydrogens is 278 g/mol. The zero-order valence-electron chi connectivity index (χ0n) is 13.3. The molecule has 0 amide bonds. The van der Waals surface area contributed by atoms with Gasteiger partial charge in [0.25, 0.3) is 0 Å². The second kappa shape index (κ2) is 6.39. The lowest BCUT2D eigenvalue weighted by Crippen LogP contribution is -2.46. The van der Waals surface area contributed by atoms with Crippen LogP contribution in [-0.4, -0.2) is 40.3 Å². The number of fused-ring (bicyclic) bond motifs is 2. The molecule has 2 saturated heterocycles. The lowest BCUT2D eigenvalue weighted by Gasteiger charge is -2.37. The van der Waals surface area contributed by atoms with E-state index in [-0.39, 0.29) is 36.3 Å². The maximum absolute atomic E-state index is 11.4. The van der Waals surface area contributed by atoms with E-state index in [1.165, 1.54) is 12.5 Å². The second-order valence-corrected chi connectivity index (χ2v) is 6.54. The summed E-state index contributed by atoms with van der Waals surface area (Å²) in [5.41, 5.74) is 1.25. The Kier molecular flexibility index (Phi) is 4.50. The summed E-state index contributed by atoms with van der Waals surface area (Å²) in [6.07, 6.45) is 2.97. The van der Waals surface area contributed by atoms with E-state index in [1.54, 1.807) is 0 Å². The molecular formula is C18H25NO3. The van der Waals surface area contributed by atoms with Crippen LogP contribution >= 0.6 is 0 Å². The number of hydrogen-bond acceptors (Lipinski definition) is 4. The first-order valence-electron chi connectivity index (χ1n) is 8.25. The third-order valence-corrected chi connectivity index (χ3v) is 5.19. The fraction of sp³-hybridized carbons (Fsp3) is 0.611. The predicted octanol–water partition coefficient (Wildman–Crippen LogP) is 2.67. The lowest BCUT2D eigenvalue weighted by molar-refractivity contribution is -0.150. The molecule has 2 heterocycles. The average molecular weight is 303 g/mol. The number of carbonyl (C=O) groups is 1. The quantitative estimate of drug-likeness (QED) is 0.872. The van der Waals surface area contributed by atoms with E-state index < -0.39 is 0 Å². The van der Waals surface area contributed by atoms with Gasteiger partial charge in [0, 0.05) is 25.0 Å². The van der Waals surface area contributed by atoms with Gasteiger partial charge in [-0.2, -0.15) is 0 Å². The van der Waals surface area contributed by atoms with Crippen molar-refractivity contribution >= 4 is 5.97 Å². The summed E-state index contributed by atoms with van der Waals surface area (Å²) in [6.45, 7) is 3.65. The number of aliphatic hydroxyl groups excluding tert-OH is 1. The Morgan fingerprint density at radius 2 is 1.86 bits per heavy atom. The van der Waals surface area contributed by atoms with Crippen molar-refractivity contribution in [1.29, 1.82) is 0 Å². The van der Waals surface area contributed by atoms with Crippen LogP contribution in [0.1, 0.15) is 51.1 Å². The van der Waals surface area contributed by atoms with E-state index in [1.807, 2.05) is 18.2 Å². The van der Waals surface area contributed by atoms with Gasteiger partial charge < -0.3 is 9.84 Å². The normalized spacial score (nSPS) is 33.2. The Labute approximate surface area is 132 Å². The van der Waals surface area contributed by atoms with Gasteiger partial charge in [0.1, 0.15) is 6.10 Å². The minimum Gasteiger partial charge on any atom is -0.461 e. The predicted molar refractivity (Wildman–Crippen MR) is 84.3 cm³/mol. The fourth-order valence-electron chi connectivity index (χ4n) is 4.20. The molecule has 2 aliphatic heterocycles. The number of hydrogen-bond donors (Lipinski definition) is 1. The summed E-state index contributed by atoms with van der Waals surface area (Å²) in [5, 5.41) is 10.5. The molecule has 0 radical (unpaired) electrons. The van der Waals surface area contributed by atoms with Gasteiger partial charge in [-0.25, -0.2) is 0 Å².